The number of carbonyl (C=O) groups excluding carboxylic acids is 1. The Morgan fingerprint density at radius 3 is 2.67 bits per heavy atom. The molecule has 0 radical (unpaired) electrons. The zero-order valence-corrected chi connectivity index (χ0v) is 12.0. The van der Waals surface area contributed by atoms with Crippen molar-refractivity contribution in [2.75, 3.05) is 20.1 Å². The van der Waals surface area contributed by atoms with Gasteiger partial charge in [0.2, 0.25) is 5.91 Å². The van der Waals surface area contributed by atoms with E-state index < -0.39 is 12.0 Å². The number of aliphatic carboxylic acids is 1. The number of carboxylic acid groups (broad SMARTS) is 1. The van der Waals surface area contributed by atoms with Crippen molar-refractivity contribution in [1.82, 2.24) is 9.80 Å². The van der Waals surface area contributed by atoms with Gasteiger partial charge in [-0.25, -0.2) is 4.39 Å². The predicted molar refractivity (Wildman–Crippen MR) is 75.1 cm³/mol. The molecule has 1 N–H and O–H groups in total. The van der Waals surface area contributed by atoms with Crippen LogP contribution in [0.3, 0.4) is 0 Å². The first-order valence-corrected chi connectivity index (χ1v) is 6.92. The predicted octanol–water partition coefficient (Wildman–Crippen LogP) is 1.33. The number of likely N-dealkylation sites (N-methyl/N-ethyl adjacent to an activating group) is 1. The number of rotatable bonds is 5. The van der Waals surface area contributed by atoms with E-state index in [0.29, 0.717) is 19.5 Å². The lowest BCUT2D eigenvalue weighted by Crippen LogP contribution is -2.43. The summed E-state index contributed by atoms with van der Waals surface area (Å²) in [7, 11) is 1.66. The molecule has 0 saturated carbocycles. The van der Waals surface area contributed by atoms with Gasteiger partial charge in [-0.3, -0.25) is 14.5 Å². The van der Waals surface area contributed by atoms with Crippen LogP contribution in [0.5, 0.6) is 0 Å². The van der Waals surface area contributed by atoms with Crippen molar-refractivity contribution in [2.45, 2.75) is 25.4 Å². The van der Waals surface area contributed by atoms with Gasteiger partial charge < -0.3 is 10.0 Å². The first-order chi connectivity index (χ1) is 9.97. The van der Waals surface area contributed by atoms with Crippen LogP contribution in [-0.2, 0) is 16.1 Å². The smallest absolute Gasteiger partial charge is 0.320 e. The monoisotopic (exact) mass is 294 g/mol. The third kappa shape index (κ3) is 4.01. The molecule has 0 unspecified atom stereocenters. The number of likely N-dealkylation sites (tertiary alicyclic amines) is 1. The lowest BCUT2D eigenvalue weighted by Gasteiger charge is -2.24. The zero-order valence-electron chi connectivity index (χ0n) is 12.0. The Morgan fingerprint density at radius 2 is 2.05 bits per heavy atom. The average Bonchev–Trinajstić information content (AvgIpc) is 2.89. The number of amides is 1. The summed E-state index contributed by atoms with van der Waals surface area (Å²) in [5, 5.41) is 9.09. The normalized spacial score (nSPS) is 18.7. The van der Waals surface area contributed by atoms with E-state index >= 15 is 0 Å². The van der Waals surface area contributed by atoms with Gasteiger partial charge in [0.1, 0.15) is 11.9 Å². The van der Waals surface area contributed by atoms with Crippen LogP contribution in [0, 0.1) is 5.82 Å². The van der Waals surface area contributed by atoms with Gasteiger partial charge in [-0.15, -0.1) is 0 Å². The maximum atomic E-state index is 12.8. The van der Waals surface area contributed by atoms with E-state index in [-0.39, 0.29) is 18.3 Å². The third-order valence-electron chi connectivity index (χ3n) is 3.75. The van der Waals surface area contributed by atoms with Crippen molar-refractivity contribution in [3.05, 3.63) is 35.6 Å². The number of carbonyl (C=O) groups is 2. The van der Waals surface area contributed by atoms with E-state index in [1.165, 1.54) is 17.0 Å². The van der Waals surface area contributed by atoms with E-state index in [9.17, 15) is 14.0 Å². The topological polar surface area (TPSA) is 60.9 Å². The molecule has 2 rings (SSSR count). The minimum absolute atomic E-state index is 0.106. The molecule has 0 aliphatic carbocycles. The van der Waals surface area contributed by atoms with E-state index in [1.807, 2.05) is 0 Å². The van der Waals surface area contributed by atoms with Gasteiger partial charge in [-0.05, 0) is 37.1 Å². The molecule has 21 heavy (non-hydrogen) atoms. The lowest BCUT2D eigenvalue weighted by molar-refractivity contribution is -0.143. The summed E-state index contributed by atoms with van der Waals surface area (Å²) in [4.78, 5) is 26.5. The second-order valence-electron chi connectivity index (χ2n) is 5.34. The van der Waals surface area contributed by atoms with Gasteiger partial charge in [-0.2, -0.15) is 0 Å². The Kier molecular flexibility index (Phi) is 4.90. The summed E-state index contributed by atoms with van der Waals surface area (Å²) in [6.45, 7) is 1.12. The molecule has 1 aromatic carbocycles. The summed E-state index contributed by atoms with van der Waals surface area (Å²) >= 11 is 0. The molecule has 1 amide bonds. The fourth-order valence-corrected chi connectivity index (χ4v) is 2.54. The van der Waals surface area contributed by atoms with Gasteiger partial charge >= 0.3 is 5.97 Å². The minimum Gasteiger partial charge on any atom is -0.480 e. The first-order valence-electron chi connectivity index (χ1n) is 6.92. The van der Waals surface area contributed by atoms with Crippen molar-refractivity contribution in [3.63, 3.8) is 0 Å². The Hall–Kier alpha value is -1.95. The van der Waals surface area contributed by atoms with Crippen molar-refractivity contribution < 1.29 is 19.1 Å². The van der Waals surface area contributed by atoms with Crippen LogP contribution < -0.4 is 0 Å². The maximum absolute atomic E-state index is 12.8. The Balaban J connectivity index is 1.90. The van der Waals surface area contributed by atoms with Gasteiger partial charge in [0.05, 0.1) is 6.54 Å². The summed E-state index contributed by atoms with van der Waals surface area (Å²) in [6.07, 6.45) is 1.39. The molecule has 0 bridgehead atoms. The molecule has 0 aromatic heterocycles. The first kappa shape index (κ1) is 15.4. The van der Waals surface area contributed by atoms with Crippen LogP contribution in [0.15, 0.2) is 24.3 Å². The average molecular weight is 294 g/mol. The van der Waals surface area contributed by atoms with E-state index in [0.717, 1.165) is 12.0 Å². The quantitative estimate of drug-likeness (QED) is 0.890. The molecular weight excluding hydrogens is 275 g/mol. The van der Waals surface area contributed by atoms with Gasteiger partial charge in [0.15, 0.2) is 0 Å². The zero-order chi connectivity index (χ0) is 15.4. The van der Waals surface area contributed by atoms with Crippen LogP contribution in [0.1, 0.15) is 18.4 Å². The van der Waals surface area contributed by atoms with Crippen molar-refractivity contribution in [2.24, 2.45) is 0 Å². The highest BCUT2D eigenvalue weighted by molar-refractivity contribution is 5.80. The van der Waals surface area contributed by atoms with E-state index in [4.69, 9.17) is 5.11 Å². The fraction of sp³-hybridized carbons (Fsp3) is 0.467. The molecule has 1 heterocycles. The largest absolute Gasteiger partial charge is 0.480 e. The van der Waals surface area contributed by atoms with Crippen LogP contribution in [0.25, 0.3) is 0 Å². The van der Waals surface area contributed by atoms with Crippen molar-refractivity contribution in [1.29, 1.82) is 0 Å². The molecule has 1 aliphatic heterocycles. The Bertz CT molecular complexity index is 518. The fourth-order valence-electron chi connectivity index (χ4n) is 2.54. The molecule has 5 nitrogen and oxygen atoms in total. The summed E-state index contributed by atoms with van der Waals surface area (Å²) in [5.74, 6) is -1.32. The highest BCUT2D eigenvalue weighted by atomic mass is 19.1. The molecule has 6 heteroatoms. The second kappa shape index (κ2) is 6.67. The number of benzene rings is 1. The van der Waals surface area contributed by atoms with E-state index in [1.54, 1.807) is 24.1 Å². The van der Waals surface area contributed by atoms with Crippen molar-refractivity contribution >= 4 is 11.9 Å². The highest BCUT2D eigenvalue weighted by Crippen LogP contribution is 2.17. The number of hydrogen-bond acceptors (Lipinski definition) is 3. The summed E-state index contributed by atoms with van der Waals surface area (Å²) in [5.41, 5.74) is 0.837. The van der Waals surface area contributed by atoms with Gasteiger partial charge in [-0.1, -0.05) is 12.1 Å². The second-order valence-corrected chi connectivity index (χ2v) is 5.34. The van der Waals surface area contributed by atoms with Gasteiger partial charge in [0, 0.05) is 13.6 Å². The summed E-state index contributed by atoms with van der Waals surface area (Å²) in [6, 6.07) is 5.42. The molecule has 1 fully saturated rings. The maximum Gasteiger partial charge on any atom is 0.320 e. The summed E-state index contributed by atoms with van der Waals surface area (Å²) < 4.78 is 12.8. The molecule has 1 aliphatic rings. The minimum atomic E-state index is -0.874. The SMILES string of the molecule is CN(Cc1ccc(F)cc1)C(=O)CN1CCC[C@H]1C(=O)O. The standard InChI is InChI=1S/C15H19FN2O3/c1-17(9-11-4-6-12(16)7-5-11)14(19)10-18-8-2-3-13(18)15(20)21/h4-7,13H,2-3,8-10H2,1H3,(H,20,21)/t13-/m0/s1. The Morgan fingerprint density at radius 1 is 1.38 bits per heavy atom. The molecular formula is C15H19FN2O3. The molecule has 1 atom stereocenters. The van der Waals surface area contributed by atoms with Crippen LogP contribution in [0.4, 0.5) is 4.39 Å². The number of hydrogen-bond donors (Lipinski definition) is 1. The molecule has 114 valence electrons. The molecule has 0 spiro atoms. The molecule has 1 aromatic rings. The number of halogens is 1. The highest BCUT2D eigenvalue weighted by Gasteiger charge is 2.32. The van der Waals surface area contributed by atoms with Crippen LogP contribution >= 0.6 is 0 Å². The van der Waals surface area contributed by atoms with Crippen LogP contribution in [-0.4, -0.2) is 53.0 Å². The number of carboxylic acids is 1. The molecule has 1 saturated heterocycles. The Labute approximate surface area is 123 Å². The van der Waals surface area contributed by atoms with Crippen molar-refractivity contribution in [3.8, 4) is 0 Å². The van der Waals surface area contributed by atoms with Gasteiger partial charge in [0.25, 0.3) is 0 Å². The number of nitrogens with zero attached hydrogens (tertiary/aromatic N) is 2. The lowest BCUT2D eigenvalue weighted by atomic mass is 10.2. The van der Waals surface area contributed by atoms with Crippen LogP contribution in [0.2, 0.25) is 0 Å². The third-order valence-corrected chi connectivity index (χ3v) is 3.75. The van der Waals surface area contributed by atoms with E-state index in [2.05, 4.69) is 0 Å².